The van der Waals surface area contributed by atoms with Crippen LogP contribution in [0.5, 0.6) is 0 Å². The third-order valence-electron chi connectivity index (χ3n) is 5.00. The largest absolute Gasteiger partial charge is 0.295 e. The monoisotopic (exact) mass is 202 g/mol. The molecule has 0 aromatic rings. The molecule has 2 bridgehead atoms. The van der Waals surface area contributed by atoms with Crippen molar-refractivity contribution in [1.82, 2.24) is 0 Å². The van der Waals surface area contributed by atoms with Gasteiger partial charge in [0.2, 0.25) is 0 Å². The average molecular weight is 202 g/mol. The third-order valence-corrected chi connectivity index (χ3v) is 5.00. The highest BCUT2D eigenvalue weighted by atomic mass is 16.1. The van der Waals surface area contributed by atoms with Crippen LogP contribution in [0.4, 0.5) is 0 Å². The summed E-state index contributed by atoms with van der Waals surface area (Å²) in [6.45, 7) is 6.32. The number of allylic oxidation sites excluding steroid dienone is 3. The van der Waals surface area contributed by atoms with Crippen LogP contribution in [0.2, 0.25) is 0 Å². The van der Waals surface area contributed by atoms with Crippen LogP contribution in [0, 0.1) is 23.2 Å². The van der Waals surface area contributed by atoms with Crippen molar-refractivity contribution in [3.63, 3.8) is 0 Å². The number of carbonyl (C=O) groups excluding carboxylic acids is 1. The van der Waals surface area contributed by atoms with E-state index in [9.17, 15) is 4.79 Å². The summed E-state index contributed by atoms with van der Waals surface area (Å²) in [7, 11) is 0. The molecule has 0 radical (unpaired) electrons. The second-order valence-corrected chi connectivity index (χ2v) is 5.67. The van der Waals surface area contributed by atoms with Crippen molar-refractivity contribution >= 4 is 5.78 Å². The second-order valence-electron chi connectivity index (χ2n) is 5.67. The Labute approximate surface area is 91.2 Å². The fourth-order valence-corrected chi connectivity index (χ4v) is 4.01. The van der Waals surface area contributed by atoms with Crippen molar-refractivity contribution in [1.29, 1.82) is 0 Å². The van der Waals surface area contributed by atoms with E-state index in [-0.39, 0.29) is 5.92 Å². The molecule has 80 valence electrons. The molecule has 4 aliphatic rings. The topological polar surface area (TPSA) is 17.1 Å². The van der Waals surface area contributed by atoms with Gasteiger partial charge < -0.3 is 0 Å². The van der Waals surface area contributed by atoms with E-state index in [1.807, 2.05) is 6.08 Å². The molecule has 4 aliphatic carbocycles. The van der Waals surface area contributed by atoms with Crippen LogP contribution in [0.25, 0.3) is 0 Å². The summed E-state index contributed by atoms with van der Waals surface area (Å²) in [5.41, 5.74) is 1.74. The van der Waals surface area contributed by atoms with Gasteiger partial charge in [0.05, 0.1) is 0 Å². The van der Waals surface area contributed by atoms with Gasteiger partial charge in [0, 0.05) is 5.92 Å². The molecule has 1 heteroatoms. The van der Waals surface area contributed by atoms with E-state index in [1.165, 1.54) is 24.8 Å². The van der Waals surface area contributed by atoms with Gasteiger partial charge in [-0.1, -0.05) is 25.2 Å². The third kappa shape index (κ3) is 1.12. The van der Waals surface area contributed by atoms with E-state index >= 15 is 0 Å². The van der Waals surface area contributed by atoms with Crippen LogP contribution in [-0.4, -0.2) is 5.78 Å². The molecule has 0 aromatic heterocycles. The predicted molar refractivity (Wildman–Crippen MR) is 60.3 cm³/mol. The van der Waals surface area contributed by atoms with Crippen molar-refractivity contribution in [3.8, 4) is 0 Å². The van der Waals surface area contributed by atoms with Gasteiger partial charge >= 0.3 is 0 Å². The zero-order valence-electron chi connectivity index (χ0n) is 9.33. The van der Waals surface area contributed by atoms with Crippen LogP contribution in [0.1, 0.15) is 32.6 Å². The summed E-state index contributed by atoms with van der Waals surface area (Å²) < 4.78 is 0. The minimum absolute atomic E-state index is 0.242. The number of fused-ring (bicyclic) bond motifs is 2. The molecule has 0 aromatic carbocycles. The molecular weight excluding hydrogens is 184 g/mol. The number of ketones is 1. The second kappa shape index (κ2) is 2.84. The molecule has 4 rings (SSSR count). The lowest BCUT2D eigenvalue weighted by atomic mass is 9.49. The Morgan fingerprint density at radius 1 is 1.53 bits per heavy atom. The maximum atomic E-state index is 11.7. The predicted octanol–water partition coefficient (Wildman–Crippen LogP) is 3.12. The minimum atomic E-state index is 0.242. The molecule has 0 saturated heterocycles. The van der Waals surface area contributed by atoms with Crippen molar-refractivity contribution < 1.29 is 4.79 Å². The summed E-state index contributed by atoms with van der Waals surface area (Å²) in [6, 6.07) is 0. The Kier molecular flexibility index (Phi) is 1.78. The molecule has 0 aliphatic heterocycles. The van der Waals surface area contributed by atoms with Crippen molar-refractivity contribution in [2.75, 3.05) is 0 Å². The van der Waals surface area contributed by atoms with Gasteiger partial charge in [-0.2, -0.15) is 0 Å². The normalized spacial score (nSPS) is 48.2. The van der Waals surface area contributed by atoms with Crippen molar-refractivity contribution in [3.05, 3.63) is 24.3 Å². The first-order valence-corrected chi connectivity index (χ1v) is 6.03. The molecule has 4 atom stereocenters. The average Bonchev–Trinajstić information content (AvgIpc) is 2.24. The lowest BCUT2D eigenvalue weighted by molar-refractivity contribution is -0.124. The van der Waals surface area contributed by atoms with Gasteiger partial charge in [0.1, 0.15) is 0 Å². The summed E-state index contributed by atoms with van der Waals surface area (Å²) >= 11 is 0. The molecule has 0 unspecified atom stereocenters. The maximum absolute atomic E-state index is 11.7. The number of hydrogen-bond donors (Lipinski definition) is 0. The van der Waals surface area contributed by atoms with E-state index < -0.39 is 0 Å². The molecule has 0 N–H and O–H groups in total. The summed E-state index contributed by atoms with van der Waals surface area (Å²) in [5, 5.41) is 0. The zero-order chi connectivity index (χ0) is 10.6. The number of hydrogen-bond acceptors (Lipinski definition) is 1. The molecule has 15 heavy (non-hydrogen) atoms. The molecular formula is C14H18O. The van der Waals surface area contributed by atoms with Crippen LogP contribution in [0.15, 0.2) is 24.3 Å². The van der Waals surface area contributed by atoms with Gasteiger partial charge in [-0.15, -0.1) is 0 Å². The van der Waals surface area contributed by atoms with Crippen LogP contribution in [0.3, 0.4) is 0 Å². The SMILES string of the molecule is C=C1C[C@@]23C=CC(=O)[C@@H](C)[C@@H]2C[C@@H]1CC3. The molecule has 1 nitrogen and oxygen atoms in total. The highest BCUT2D eigenvalue weighted by molar-refractivity contribution is 5.93. The summed E-state index contributed by atoms with van der Waals surface area (Å²) in [6.07, 6.45) is 8.95. The number of rotatable bonds is 0. The lowest BCUT2D eigenvalue weighted by Crippen LogP contribution is -2.48. The standard InChI is InChI=1S/C14H18O/c1-9-8-14-5-3-11(9)7-12(14)10(2)13(15)4-6-14/h4,6,10-12H,1,3,5,7-8H2,2H3/t10-,11-,12-,14+/m0/s1. The fourth-order valence-electron chi connectivity index (χ4n) is 4.01. The zero-order valence-corrected chi connectivity index (χ0v) is 9.33. The molecule has 1 spiro atoms. The van der Waals surface area contributed by atoms with E-state index in [1.54, 1.807) is 0 Å². The van der Waals surface area contributed by atoms with Gasteiger partial charge in [-0.3, -0.25) is 4.79 Å². The lowest BCUT2D eigenvalue weighted by Gasteiger charge is -2.55. The molecule has 3 fully saturated rings. The Morgan fingerprint density at radius 2 is 2.33 bits per heavy atom. The van der Waals surface area contributed by atoms with E-state index in [0.29, 0.717) is 23.0 Å². The first-order chi connectivity index (χ1) is 7.12. The highest BCUT2D eigenvalue weighted by Crippen LogP contribution is 2.59. The van der Waals surface area contributed by atoms with Gasteiger partial charge in [-0.05, 0) is 49.0 Å². The summed E-state index contributed by atoms with van der Waals surface area (Å²) in [5.74, 6) is 1.88. The smallest absolute Gasteiger partial charge is 0.158 e. The first kappa shape index (κ1) is 9.38. The Hall–Kier alpha value is -0.850. The van der Waals surface area contributed by atoms with Crippen LogP contribution >= 0.6 is 0 Å². The van der Waals surface area contributed by atoms with Gasteiger partial charge in [0.25, 0.3) is 0 Å². The Bertz CT molecular complexity index is 366. The van der Waals surface area contributed by atoms with Gasteiger partial charge in [0.15, 0.2) is 5.78 Å². The van der Waals surface area contributed by atoms with Crippen molar-refractivity contribution in [2.45, 2.75) is 32.6 Å². The number of carbonyl (C=O) groups is 1. The van der Waals surface area contributed by atoms with Crippen molar-refractivity contribution in [2.24, 2.45) is 23.2 Å². The van der Waals surface area contributed by atoms with Crippen LogP contribution in [-0.2, 0) is 4.79 Å². The van der Waals surface area contributed by atoms with Crippen LogP contribution < -0.4 is 0 Å². The maximum Gasteiger partial charge on any atom is 0.158 e. The minimum Gasteiger partial charge on any atom is -0.295 e. The molecule has 0 amide bonds. The van der Waals surface area contributed by atoms with E-state index in [2.05, 4.69) is 19.6 Å². The highest BCUT2D eigenvalue weighted by Gasteiger charge is 2.52. The molecule has 0 heterocycles. The summed E-state index contributed by atoms with van der Waals surface area (Å²) in [4.78, 5) is 11.7. The Balaban J connectivity index is 2.05. The molecule has 3 saturated carbocycles. The quantitative estimate of drug-likeness (QED) is 0.551. The van der Waals surface area contributed by atoms with E-state index in [0.717, 1.165) is 6.42 Å². The first-order valence-electron chi connectivity index (χ1n) is 6.03. The Morgan fingerprint density at radius 3 is 3.07 bits per heavy atom. The van der Waals surface area contributed by atoms with Gasteiger partial charge in [-0.25, -0.2) is 0 Å². The van der Waals surface area contributed by atoms with E-state index in [4.69, 9.17) is 0 Å². The fraction of sp³-hybridized carbons (Fsp3) is 0.643.